The van der Waals surface area contributed by atoms with Crippen molar-refractivity contribution in [2.45, 2.75) is 26.7 Å². The summed E-state index contributed by atoms with van der Waals surface area (Å²) in [4.78, 5) is 9.19. The minimum atomic E-state index is 0. The van der Waals surface area contributed by atoms with Crippen molar-refractivity contribution in [3.05, 3.63) is 115 Å². The molecule has 0 spiro atoms. The van der Waals surface area contributed by atoms with Crippen molar-refractivity contribution in [3.8, 4) is 34.5 Å². The molecule has 8 heteroatoms. The van der Waals surface area contributed by atoms with Gasteiger partial charge in [0, 0.05) is 34.7 Å². The molecule has 0 unspecified atom stereocenters. The number of benzene rings is 3. The van der Waals surface area contributed by atoms with Crippen molar-refractivity contribution in [1.82, 2.24) is 24.3 Å². The predicted molar refractivity (Wildman–Crippen MR) is 154 cm³/mol. The minimum absolute atomic E-state index is 0. The van der Waals surface area contributed by atoms with Gasteiger partial charge in [-0.3, -0.25) is 14.2 Å². The maximum Gasteiger partial charge on any atom is 2.00 e. The molecule has 0 radical (unpaired) electrons. The van der Waals surface area contributed by atoms with E-state index in [1.165, 1.54) is 0 Å². The third kappa shape index (κ3) is 4.87. The number of ether oxygens (including phenoxy) is 1. The quantitative estimate of drug-likeness (QED) is 0.164. The van der Waals surface area contributed by atoms with Crippen LogP contribution in [0, 0.1) is 19.1 Å². The van der Waals surface area contributed by atoms with E-state index in [0.29, 0.717) is 17.5 Å². The topological polar surface area (TPSA) is 70.9 Å². The second-order valence-corrected chi connectivity index (χ2v) is 9.94. The summed E-state index contributed by atoms with van der Waals surface area (Å²) in [5.74, 6) is 2.13. The molecule has 3 aromatic carbocycles. The standard InChI is InChI=1S/C33H25N5O2.Pt/c1-21(2)31-20-35-33(40-31)37-28-13-8-16-34-32(28)27-15-14-26(19-30(27)37)39-25-12-7-11-24(18-25)38-29(17-22(3)36-38)23-9-5-4-6-10-23;/h4-17,20-21H,1-3H3;/q-2;+2. The van der Waals surface area contributed by atoms with Crippen LogP contribution in [0.15, 0.2) is 95.7 Å². The molecular formula is C33H25N5O2Pt. The molecule has 7 aromatic rings. The van der Waals surface area contributed by atoms with Gasteiger partial charge in [-0.25, -0.2) is 4.98 Å². The molecule has 0 fully saturated rings. The van der Waals surface area contributed by atoms with Gasteiger partial charge in [-0.2, -0.15) is 17.2 Å². The summed E-state index contributed by atoms with van der Waals surface area (Å²) in [5.41, 5.74) is 6.28. The Labute approximate surface area is 251 Å². The zero-order valence-electron chi connectivity index (χ0n) is 22.6. The van der Waals surface area contributed by atoms with Crippen LogP contribution in [0.1, 0.15) is 31.2 Å². The molecule has 0 aliphatic carbocycles. The van der Waals surface area contributed by atoms with Crippen molar-refractivity contribution in [3.63, 3.8) is 0 Å². The molecule has 0 aliphatic heterocycles. The molecular weight excluding hydrogens is 693 g/mol. The number of oxazole rings is 1. The number of hydrogen-bond donors (Lipinski definition) is 0. The Kier molecular flexibility index (Phi) is 7.06. The first-order chi connectivity index (χ1) is 19.5. The number of hydrogen-bond acceptors (Lipinski definition) is 5. The Morgan fingerprint density at radius 3 is 2.51 bits per heavy atom. The number of aromatic nitrogens is 5. The summed E-state index contributed by atoms with van der Waals surface area (Å²) in [6.07, 6.45) is 3.56. The van der Waals surface area contributed by atoms with Gasteiger partial charge in [-0.05, 0) is 36.3 Å². The molecule has 4 heterocycles. The van der Waals surface area contributed by atoms with Gasteiger partial charge in [0.15, 0.2) is 0 Å². The van der Waals surface area contributed by atoms with Crippen LogP contribution in [0.25, 0.3) is 44.9 Å². The van der Waals surface area contributed by atoms with Crippen LogP contribution in [0.4, 0.5) is 0 Å². The number of aryl methyl sites for hydroxylation is 1. The largest absolute Gasteiger partial charge is 2.00 e. The van der Waals surface area contributed by atoms with Crippen molar-refractivity contribution in [2.24, 2.45) is 0 Å². The molecule has 204 valence electrons. The second-order valence-electron chi connectivity index (χ2n) is 9.94. The first-order valence-electron chi connectivity index (χ1n) is 13.2. The van der Waals surface area contributed by atoms with E-state index in [2.05, 4.69) is 54.1 Å². The molecule has 0 bridgehead atoms. The first-order valence-corrected chi connectivity index (χ1v) is 13.2. The molecule has 4 aromatic heterocycles. The Balaban J connectivity index is 0.00000302. The maximum atomic E-state index is 6.29. The van der Waals surface area contributed by atoms with E-state index in [4.69, 9.17) is 14.3 Å². The summed E-state index contributed by atoms with van der Waals surface area (Å²) in [5, 5.41) is 5.66. The van der Waals surface area contributed by atoms with Gasteiger partial charge >= 0.3 is 27.1 Å². The van der Waals surface area contributed by atoms with Crippen molar-refractivity contribution in [2.75, 3.05) is 0 Å². The number of rotatable bonds is 6. The summed E-state index contributed by atoms with van der Waals surface area (Å²) >= 11 is 0. The fourth-order valence-corrected chi connectivity index (χ4v) is 4.88. The van der Waals surface area contributed by atoms with Crippen LogP contribution < -0.4 is 4.74 Å². The average molecular weight is 719 g/mol. The third-order valence-electron chi connectivity index (χ3n) is 6.78. The average Bonchev–Trinajstić information content (AvgIpc) is 3.69. The Morgan fingerprint density at radius 2 is 1.71 bits per heavy atom. The fraction of sp³-hybridized carbons (Fsp3) is 0.121. The smallest absolute Gasteiger partial charge is 0.509 e. The molecule has 0 amide bonds. The van der Waals surface area contributed by atoms with Gasteiger partial charge in [0.1, 0.15) is 5.76 Å². The van der Waals surface area contributed by atoms with E-state index in [-0.39, 0.29) is 27.0 Å². The zero-order valence-corrected chi connectivity index (χ0v) is 24.9. The van der Waals surface area contributed by atoms with E-state index in [9.17, 15) is 0 Å². The Hall–Kier alpha value is -4.48. The van der Waals surface area contributed by atoms with E-state index >= 15 is 0 Å². The van der Waals surface area contributed by atoms with Gasteiger partial charge in [0.25, 0.3) is 0 Å². The molecule has 0 saturated heterocycles. The van der Waals surface area contributed by atoms with Crippen LogP contribution in [0.3, 0.4) is 0 Å². The van der Waals surface area contributed by atoms with Crippen molar-refractivity contribution in [1.29, 1.82) is 0 Å². The third-order valence-corrected chi connectivity index (χ3v) is 6.78. The molecule has 7 nitrogen and oxygen atoms in total. The summed E-state index contributed by atoms with van der Waals surface area (Å²) in [6.45, 7) is 6.14. The van der Waals surface area contributed by atoms with Gasteiger partial charge in [-0.1, -0.05) is 49.6 Å². The molecule has 0 saturated carbocycles. The van der Waals surface area contributed by atoms with Crippen LogP contribution in [0.5, 0.6) is 11.5 Å². The van der Waals surface area contributed by atoms with E-state index in [0.717, 1.165) is 50.3 Å². The summed E-state index contributed by atoms with van der Waals surface area (Å²) in [6, 6.07) is 33.1. The van der Waals surface area contributed by atoms with Crippen LogP contribution in [-0.2, 0) is 21.1 Å². The van der Waals surface area contributed by atoms with Crippen LogP contribution in [0.2, 0.25) is 0 Å². The molecule has 0 aliphatic rings. The van der Waals surface area contributed by atoms with E-state index < -0.39 is 0 Å². The van der Waals surface area contributed by atoms with Gasteiger partial charge in [0.05, 0.1) is 23.1 Å². The molecule has 0 N–H and O–H groups in total. The summed E-state index contributed by atoms with van der Waals surface area (Å²) in [7, 11) is 0. The van der Waals surface area contributed by atoms with Crippen LogP contribution >= 0.6 is 0 Å². The Morgan fingerprint density at radius 1 is 0.878 bits per heavy atom. The maximum absolute atomic E-state index is 6.29. The molecule has 0 atom stereocenters. The fourth-order valence-electron chi connectivity index (χ4n) is 4.88. The van der Waals surface area contributed by atoms with E-state index in [1.54, 1.807) is 12.4 Å². The van der Waals surface area contributed by atoms with E-state index in [1.807, 2.05) is 76.8 Å². The van der Waals surface area contributed by atoms with Crippen LogP contribution in [-0.4, -0.2) is 24.3 Å². The molecule has 7 rings (SSSR count). The zero-order chi connectivity index (χ0) is 27.2. The normalized spacial score (nSPS) is 11.3. The van der Waals surface area contributed by atoms with Gasteiger partial charge in [-0.15, -0.1) is 30.3 Å². The van der Waals surface area contributed by atoms with Gasteiger partial charge < -0.3 is 9.15 Å². The summed E-state index contributed by atoms with van der Waals surface area (Å²) < 4.78 is 16.3. The first kappa shape index (κ1) is 26.7. The van der Waals surface area contributed by atoms with Crippen molar-refractivity contribution >= 4 is 21.9 Å². The van der Waals surface area contributed by atoms with Gasteiger partial charge in [0.2, 0.25) is 0 Å². The van der Waals surface area contributed by atoms with Crippen molar-refractivity contribution < 1.29 is 30.2 Å². The monoisotopic (exact) mass is 718 g/mol. The SMILES string of the molecule is Cc1cc(-c2ccccc2)n(-c2[c-]c(Oc3[c-]c4c(cc3)c3ncccc3n4-c3ncc(C(C)C)o3)ccc2)n1.[Pt+2]. The molecule has 41 heavy (non-hydrogen) atoms. The predicted octanol–water partition coefficient (Wildman–Crippen LogP) is 7.84. The number of pyridine rings is 1. The second kappa shape index (κ2) is 10.8. The minimum Gasteiger partial charge on any atom is -0.509 e. The Bertz CT molecular complexity index is 1990. The number of nitrogens with zero attached hydrogens (tertiary/aromatic N) is 5. The number of fused-ring (bicyclic) bond motifs is 3.